The molecule has 7 rings (SSSR count). The Hall–Kier alpha value is -5.64. The van der Waals surface area contributed by atoms with E-state index in [0.29, 0.717) is 46.1 Å². The molecule has 0 unspecified atom stereocenters. The topological polar surface area (TPSA) is 145 Å². The van der Waals surface area contributed by atoms with Gasteiger partial charge in [-0.25, -0.2) is 0 Å². The minimum absolute atomic E-state index is 0.250. The molecule has 332 valence electrons. The zero-order valence-electron chi connectivity index (χ0n) is 36.2. The Morgan fingerprint density at radius 1 is 0.635 bits per heavy atom. The molecule has 2 N–H and O–H groups in total. The number of benzene rings is 4. The molecule has 5 aromatic rings. The predicted molar refractivity (Wildman–Crippen MR) is 247 cm³/mol. The molecule has 0 amide bonds. The van der Waals surface area contributed by atoms with Gasteiger partial charge in [0.1, 0.15) is 43.1 Å². The molecular formula is C50H56Cl2N4O7. The second kappa shape index (κ2) is 24.9. The maximum absolute atomic E-state index is 9.36. The highest BCUT2D eigenvalue weighted by Crippen LogP contribution is 2.37. The van der Waals surface area contributed by atoms with E-state index >= 15 is 0 Å². The lowest BCUT2D eigenvalue weighted by atomic mass is 9.92. The molecule has 63 heavy (non-hydrogen) atoms. The molecule has 0 radical (unpaired) electrons. The summed E-state index contributed by atoms with van der Waals surface area (Å²) >= 11 is 13.7. The number of hydrogen-bond donors (Lipinski definition) is 2. The van der Waals surface area contributed by atoms with Crippen molar-refractivity contribution in [3.63, 3.8) is 0 Å². The highest BCUT2D eigenvalue weighted by atomic mass is 35.5. The monoisotopic (exact) mass is 894 g/mol. The first-order valence-electron chi connectivity index (χ1n) is 21.2. The fraction of sp³-hybridized carbons (Fsp3) is 0.360. The van der Waals surface area contributed by atoms with Crippen molar-refractivity contribution in [1.82, 2.24) is 14.8 Å². The Bertz CT molecular complexity index is 2330. The zero-order chi connectivity index (χ0) is 45.1. The number of carbonyl (C=O) groups is 2. The Balaban J connectivity index is 0.00000118. The third kappa shape index (κ3) is 13.9. The van der Waals surface area contributed by atoms with Crippen LogP contribution in [0, 0.1) is 32.1 Å². The number of hydrogen-bond acceptors (Lipinski definition) is 9. The van der Waals surface area contributed by atoms with E-state index in [9.17, 15) is 5.26 Å². The van der Waals surface area contributed by atoms with E-state index in [2.05, 4.69) is 90.2 Å². The molecule has 0 atom stereocenters. The molecule has 2 aliphatic rings. The van der Waals surface area contributed by atoms with Crippen LogP contribution in [0.5, 0.6) is 17.2 Å². The summed E-state index contributed by atoms with van der Waals surface area (Å²) in [5, 5.41) is 24.3. The van der Waals surface area contributed by atoms with Gasteiger partial charge in [-0.05, 0) is 141 Å². The van der Waals surface area contributed by atoms with Gasteiger partial charge in [-0.15, -0.1) is 0 Å². The van der Waals surface area contributed by atoms with Crippen LogP contribution in [-0.2, 0) is 42.5 Å². The number of aromatic nitrogens is 1. The molecule has 0 saturated carbocycles. The summed E-state index contributed by atoms with van der Waals surface area (Å²) < 4.78 is 19.2. The number of ether oxygens (including phenoxy) is 3. The summed E-state index contributed by atoms with van der Waals surface area (Å²) in [7, 11) is 0. The lowest BCUT2D eigenvalue weighted by Crippen LogP contribution is -2.29. The van der Waals surface area contributed by atoms with Crippen molar-refractivity contribution in [2.24, 2.45) is 0 Å². The van der Waals surface area contributed by atoms with Gasteiger partial charge in [0.05, 0.1) is 15.6 Å². The highest BCUT2D eigenvalue weighted by Gasteiger charge is 2.19. The van der Waals surface area contributed by atoms with Crippen LogP contribution < -0.4 is 14.2 Å². The third-order valence-corrected chi connectivity index (χ3v) is 12.0. The first-order valence-corrected chi connectivity index (χ1v) is 22.0. The molecule has 1 aromatic heterocycles. The smallest absolute Gasteiger partial charge is 0.290 e. The van der Waals surface area contributed by atoms with E-state index in [1.165, 1.54) is 49.7 Å². The summed E-state index contributed by atoms with van der Waals surface area (Å²) in [6, 6.07) is 24.8. The van der Waals surface area contributed by atoms with E-state index < -0.39 is 0 Å². The molecule has 11 nitrogen and oxygen atoms in total. The van der Waals surface area contributed by atoms with Crippen LogP contribution in [0.4, 0.5) is 0 Å². The van der Waals surface area contributed by atoms with Crippen LogP contribution in [-0.4, -0.2) is 64.1 Å². The van der Waals surface area contributed by atoms with E-state index in [-0.39, 0.29) is 19.6 Å². The molecule has 0 bridgehead atoms. The van der Waals surface area contributed by atoms with Crippen LogP contribution in [0.1, 0.15) is 88.6 Å². The lowest BCUT2D eigenvalue weighted by Gasteiger charge is -2.27. The SMILES string of the molecule is Cc1cc(OCc2cccc(-c3cccc(COc4cc(OCc5cncc(C#N)c5)c(CN5CCCCC5)cc4Cl)c3C)c2C)c(Cl)cc1CN1CCCCC1.O=CO.O=CO. The van der Waals surface area contributed by atoms with Gasteiger partial charge in [-0.1, -0.05) is 72.4 Å². The van der Waals surface area contributed by atoms with Crippen LogP contribution >= 0.6 is 23.2 Å². The lowest BCUT2D eigenvalue weighted by molar-refractivity contribution is -0.123. The Kier molecular flexibility index (Phi) is 19.1. The highest BCUT2D eigenvalue weighted by molar-refractivity contribution is 6.32. The molecule has 2 saturated heterocycles. The van der Waals surface area contributed by atoms with Crippen molar-refractivity contribution in [2.75, 3.05) is 26.2 Å². The second-order valence-electron chi connectivity index (χ2n) is 15.7. The van der Waals surface area contributed by atoms with Gasteiger partial charge in [0.25, 0.3) is 12.9 Å². The predicted octanol–water partition coefficient (Wildman–Crippen LogP) is 11.0. The molecule has 0 aliphatic carbocycles. The van der Waals surface area contributed by atoms with Crippen molar-refractivity contribution in [3.05, 3.63) is 139 Å². The van der Waals surface area contributed by atoms with Crippen LogP contribution in [0.3, 0.4) is 0 Å². The zero-order valence-corrected chi connectivity index (χ0v) is 37.8. The molecular weight excluding hydrogens is 839 g/mol. The number of likely N-dealkylation sites (tertiary alicyclic amines) is 2. The molecule has 0 spiro atoms. The Morgan fingerprint density at radius 3 is 1.63 bits per heavy atom. The number of rotatable bonds is 14. The molecule has 13 heteroatoms. The summed E-state index contributed by atoms with van der Waals surface area (Å²) in [5.74, 6) is 1.99. The van der Waals surface area contributed by atoms with Crippen molar-refractivity contribution in [3.8, 4) is 34.4 Å². The van der Waals surface area contributed by atoms with Crippen molar-refractivity contribution in [1.29, 1.82) is 5.26 Å². The van der Waals surface area contributed by atoms with Crippen molar-refractivity contribution in [2.45, 2.75) is 92.2 Å². The Morgan fingerprint density at radius 2 is 1.11 bits per heavy atom. The van der Waals surface area contributed by atoms with Gasteiger partial charge in [-0.2, -0.15) is 5.26 Å². The maximum atomic E-state index is 9.36. The fourth-order valence-corrected chi connectivity index (χ4v) is 8.48. The third-order valence-electron chi connectivity index (χ3n) is 11.5. The largest absolute Gasteiger partial charge is 0.488 e. The normalized spacial score (nSPS) is 13.9. The van der Waals surface area contributed by atoms with Crippen molar-refractivity contribution < 1.29 is 34.0 Å². The molecule has 3 heterocycles. The summed E-state index contributed by atoms with van der Waals surface area (Å²) in [6.45, 7) is 13.1. The van der Waals surface area contributed by atoms with Crippen LogP contribution in [0.25, 0.3) is 11.1 Å². The number of aryl methyl sites for hydroxylation is 1. The van der Waals surface area contributed by atoms with Gasteiger partial charge < -0.3 is 24.4 Å². The van der Waals surface area contributed by atoms with Gasteiger partial charge in [0.15, 0.2) is 0 Å². The average molecular weight is 896 g/mol. The van der Waals surface area contributed by atoms with Crippen molar-refractivity contribution >= 4 is 36.1 Å². The first kappa shape index (κ1) is 48.4. The van der Waals surface area contributed by atoms with Gasteiger partial charge in [0, 0.05) is 42.7 Å². The molecule has 2 aliphatic heterocycles. The quantitative estimate of drug-likeness (QED) is 0.103. The number of carboxylic acid groups (broad SMARTS) is 2. The van der Waals surface area contributed by atoms with E-state index in [4.69, 9.17) is 57.2 Å². The number of piperidine rings is 2. The number of nitriles is 1. The first-order chi connectivity index (χ1) is 30.6. The fourth-order valence-electron chi connectivity index (χ4n) is 8.00. The standard InChI is InChI=1S/C48H52Cl2N4O3.2CH2O2/c1-33-20-47(44(49)22-40(33)28-53-16-6-4-7-17-53)56-31-38-12-10-14-42(34(38)2)43-15-11-13-39(35(43)3)32-57-48-24-46(55-30-37-21-36(25-51)26-52-27-37)41(23-45(48)50)29-54-18-8-5-9-19-54;2*2-1-3/h10-15,20-24,26-27H,4-9,16-19,28-32H2,1-3H3;2*1H,(H,2,3). The van der Waals surface area contributed by atoms with Gasteiger partial charge in [-0.3, -0.25) is 24.4 Å². The molecule has 4 aromatic carbocycles. The Labute approximate surface area is 380 Å². The molecule has 2 fully saturated rings. The van der Waals surface area contributed by atoms with Gasteiger partial charge in [0.2, 0.25) is 0 Å². The van der Waals surface area contributed by atoms with Crippen LogP contribution in [0.2, 0.25) is 10.0 Å². The maximum Gasteiger partial charge on any atom is 0.290 e. The minimum Gasteiger partial charge on any atom is -0.488 e. The van der Waals surface area contributed by atoms with E-state index in [1.54, 1.807) is 18.5 Å². The summed E-state index contributed by atoms with van der Waals surface area (Å²) in [4.78, 5) is 25.9. The summed E-state index contributed by atoms with van der Waals surface area (Å²) in [6.07, 6.45) is 10.8. The van der Waals surface area contributed by atoms with Crippen LogP contribution in [0.15, 0.2) is 79.1 Å². The average Bonchev–Trinajstić information content (AvgIpc) is 3.28. The van der Waals surface area contributed by atoms with E-state index in [1.807, 2.05) is 12.1 Å². The number of pyridine rings is 1. The second-order valence-corrected chi connectivity index (χ2v) is 16.5. The summed E-state index contributed by atoms with van der Waals surface area (Å²) in [5.41, 5.74) is 11.6. The minimum atomic E-state index is -0.250. The van der Waals surface area contributed by atoms with E-state index in [0.717, 1.165) is 83.8 Å². The van der Waals surface area contributed by atoms with Gasteiger partial charge >= 0.3 is 0 Å². The number of nitrogens with zero attached hydrogens (tertiary/aromatic N) is 4. The number of halogens is 2.